The zero-order valence-corrected chi connectivity index (χ0v) is 10.7. The average molecular weight is 237 g/mol. The fourth-order valence-corrected chi connectivity index (χ4v) is 2.11. The maximum Gasteiger partial charge on any atom is 0.293 e. The third kappa shape index (κ3) is 3.05. The van der Waals surface area contributed by atoms with Crippen molar-refractivity contribution in [2.75, 3.05) is 13.7 Å². The highest BCUT2D eigenvalue weighted by atomic mass is 16.6. The first-order chi connectivity index (χ1) is 8.03. The summed E-state index contributed by atoms with van der Waals surface area (Å²) in [7, 11) is 9.42. The summed E-state index contributed by atoms with van der Waals surface area (Å²) in [6.07, 6.45) is 1.62. The van der Waals surface area contributed by atoms with Gasteiger partial charge in [-0.2, -0.15) is 0 Å². The third-order valence-corrected chi connectivity index (χ3v) is 3.34. The van der Waals surface area contributed by atoms with Gasteiger partial charge in [-0.05, 0) is 26.6 Å². The van der Waals surface area contributed by atoms with Crippen LogP contribution in [0, 0.1) is 0 Å². The van der Waals surface area contributed by atoms with Crippen LogP contribution in [0.25, 0.3) is 0 Å². The van der Waals surface area contributed by atoms with E-state index in [4.69, 9.17) is 26.7 Å². The van der Waals surface area contributed by atoms with Gasteiger partial charge in [0.05, 0.1) is 24.4 Å². The van der Waals surface area contributed by atoms with Crippen molar-refractivity contribution in [2.45, 2.75) is 56.5 Å². The number of rotatable bonds is 4. The standard InChI is InChI=1S/C11H19B2O4/c1-11(2,14-3)6-15-9-8-7(16-10(9)12)4-5-13-17-8/h7-10H,4-6H2,1-3H3. The van der Waals surface area contributed by atoms with Gasteiger partial charge in [-0.1, -0.05) is 0 Å². The summed E-state index contributed by atoms with van der Waals surface area (Å²) < 4.78 is 22.4. The smallest absolute Gasteiger partial charge is 0.293 e. The van der Waals surface area contributed by atoms with Gasteiger partial charge in [0.25, 0.3) is 7.48 Å². The van der Waals surface area contributed by atoms with Gasteiger partial charge in [0, 0.05) is 13.1 Å². The lowest BCUT2D eigenvalue weighted by molar-refractivity contribution is -0.0952. The van der Waals surface area contributed by atoms with E-state index < -0.39 is 6.00 Å². The molecule has 6 heteroatoms. The molecule has 4 nitrogen and oxygen atoms in total. The van der Waals surface area contributed by atoms with Gasteiger partial charge >= 0.3 is 0 Å². The van der Waals surface area contributed by atoms with E-state index in [1.807, 2.05) is 21.3 Å². The van der Waals surface area contributed by atoms with Gasteiger partial charge in [-0.25, -0.2) is 0 Å². The second kappa shape index (κ2) is 5.31. The molecular formula is C11H19B2O4. The minimum atomic E-state index is -0.413. The first kappa shape index (κ1) is 13.4. The molecule has 2 rings (SSSR count). The minimum Gasteiger partial charge on any atom is -0.433 e. The number of methoxy groups -OCH3 is 1. The largest absolute Gasteiger partial charge is 0.433 e. The summed E-state index contributed by atoms with van der Waals surface area (Å²) in [6, 6.07) is -0.413. The van der Waals surface area contributed by atoms with E-state index in [1.165, 1.54) is 0 Å². The van der Waals surface area contributed by atoms with Crippen LogP contribution in [0.15, 0.2) is 0 Å². The molecule has 2 aliphatic rings. The Morgan fingerprint density at radius 1 is 1.47 bits per heavy atom. The lowest BCUT2D eigenvalue weighted by Crippen LogP contribution is -2.43. The molecule has 0 amide bonds. The molecule has 0 N–H and O–H groups in total. The van der Waals surface area contributed by atoms with Crippen molar-refractivity contribution in [3.05, 3.63) is 0 Å². The highest BCUT2D eigenvalue weighted by Crippen LogP contribution is 2.31. The molecule has 0 aromatic heterocycles. The van der Waals surface area contributed by atoms with Crippen LogP contribution in [0.2, 0.25) is 6.32 Å². The van der Waals surface area contributed by atoms with Crippen molar-refractivity contribution >= 4 is 15.3 Å². The van der Waals surface area contributed by atoms with Crippen LogP contribution in [0.5, 0.6) is 0 Å². The van der Waals surface area contributed by atoms with Crippen LogP contribution in [0.1, 0.15) is 20.3 Å². The lowest BCUT2D eigenvalue weighted by Gasteiger charge is -2.30. The molecule has 3 radical (unpaired) electrons. The van der Waals surface area contributed by atoms with Crippen LogP contribution in [0.3, 0.4) is 0 Å². The predicted octanol–water partition coefficient (Wildman–Crippen LogP) is 0.516. The van der Waals surface area contributed by atoms with Crippen molar-refractivity contribution in [1.29, 1.82) is 0 Å². The second-order valence-electron chi connectivity index (χ2n) is 5.22. The summed E-state index contributed by atoms with van der Waals surface area (Å²) in [5.41, 5.74) is -0.323. The second-order valence-corrected chi connectivity index (χ2v) is 5.22. The van der Waals surface area contributed by atoms with Crippen LogP contribution in [-0.2, 0) is 18.9 Å². The predicted molar refractivity (Wildman–Crippen MR) is 65.3 cm³/mol. The number of hydrogen-bond donors (Lipinski definition) is 0. The zero-order valence-electron chi connectivity index (χ0n) is 10.7. The van der Waals surface area contributed by atoms with Gasteiger partial charge in [0.1, 0.15) is 14.0 Å². The Kier molecular flexibility index (Phi) is 4.18. The summed E-state index contributed by atoms with van der Waals surface area (Å²) in [5.74, 6) is 0. The van der Waals surface area contributed by atoms with Gasteiger partial charge in [-0.3, -0.25) is 0 Å². The first-order valence-corrected chi connectivity index (χ1v) is 6.08. The van der Waals surface area contributed by atoms with E-state index >= 15 is 0 Å². The molecule has 0 spiro atoms. The Bertz CT molecular complexity index is 262. The molecule has 17 heavy (non-hydrogen) atoms. The minimum absolute atomic E-state index is 0.0608. The molecule has 93 valence electrons. The van der Waals surface area contributed by atoms with E-state index in [9.17, 15) is 0 Å². The topological polar surface area (TPSA) is 36.9 Å². The fourth-order valence-electron chi connectivity index (χ4n) is 2.11. The van der Waals surface area contributed by atoms with E-state index in [1.54, 1.807) is 7.11 Å². The van der Waals surface area contributed by atoms with Crippen molar-refractivity contribution in [3.63, 3.8) is 0 Å². The number of hydrogen-bond acceptors (Lipinski definition) is 4. The summed E-state index contributed by atoms with van der Waals surface area (Å²) >= 11 is 0. The Morgan fingerprint density at radius 2 is 2.24 bits per heavy atom. The van der Waals surface area contributed by atoms with Crippen LogP contribution in [-0.4, -0.2) is 59.0 Å². The summed E-state index contributed by atoms with van der Waals surface area (Å²) in [4.78, 5) is 0. The van der Waals surface area contributed by atoms with Crippen molar-refractivity contribution < 1.29 is 18.9 Å². The molecule has 2 heterocycles. The average Bonchev–Trinajstić information content (AvgIpc) is 2.62. The Labute approximate surface area is 105 Å². The Hall–Kier alpha value is -0.0301. The van der Waals surface area contributed by atoms with Gasteiger partial charge in [-0.15, -0.1) is 0 Å². The van der Waals surface area contributed by atoms with E-state index in [-0.39, 0.29) is 23.9 Å². The number of ether oxygens (including phenoxy) is 3. The molecule has 0 aliphatic carbocycles. The van der Waals surface area contributed by atoms with Crippen LogP contribution < -0.4 is 0 Å². The molecule has 2 aliphatic heterocycles. The maximum atomic E-state index is 5.93. The fraction of sp³-hybridized carbons (Fsp3) is 1.00. The summed E-state index contributed by atoms with van der Waals surface area (Å²) in [6.45, 7) is 4.41. The molecule has 2 fully saturated rings. The quantitative estimate of drug-likeness (QED) is 0.667. The molecule has 0 aromatic carbocycles. The van der Waals surface area contributed by atoms with Crippen molar-refractivity contribution in [1.82, 2.24) is 0 Å². The van der Waals surface area contributed by atoms with Gasteiger partial charge < -0.3 is 18.9 Å². The Morgan fingerprint density at radius 3 is 2.94 bits per heavy atom. The molecule has 4 atom stereocenters. The van der Waals surface area contributed by atoms with Crippen LogP contribution in [0.4, 0.5) is 0 Å². The summed E-state index contributed by atoms with van der Waals surface area (Å²) in [5, 5.41) is 0. The van der Waals surface area contributed by atoms with Crippen LogP contribution >= 0.6 is 0 Å². The molecule has 0 saturated carbocycles. The maximum absolute atomic E-state index is 5.93. The van der Waals surface area contributed by atoms with Crippen molar-refractivity contribution in [2.24, 2.45) is 0 Å². The van der Waals surface area contributed by atoms with Crippen molar-refractivity contribution in [3.8, 4) is 0 Å². The normalized spacial score (nSPS) is 37.6. The molecular weight excluding hydrogens is 218 g/mol. The number of fused-ring (bicyclic) bond motifs is 1. The first-order valence-electron chi connectivity index (χ1n) is 6.08. The SMILES string of the molecule is [B]C1OC2CC[B]OC2C1OCC(C)(C)OC. The molecule has 2 saturated heterocycles. The molecule has 0 aromatic rings. The zero-order chi connectivity index (χ0) is 12.5. The highest BCUT2D eigenvalue weighted by Gasteiger charge is 2.45. The van der Waals surface area contributed by atoms with E-state index in [2.05, 4.69) is 0 Å². The highest BCUT2D eigenvalue weighted by molar-refractivity contribution is 6.27. The Balaban J connectivity index is 1.91. The van der Waals surface area contributed by atoms with Gasteiger partial charge in [0.15, 0.2) is 0 Å². The monoisotopic (exact) mass is 237 g/mol. The molecule has 0 bridgehead atoms. The van der Waals surface area contributed by atoms with E-state index in [0.29, 0.717) is 6.61 Å². The third-order valence-electron chi connectivity index (χ3n) is 3.34. The lowest BCUT2D eigenvalue weighted by atomic mass is 9.83. The van der Waals surface area contributed by atoms with Gasteiger partial charge in [0.2, 0.25) is 0 Å². The molecule has 4 unspecified atom stereocenters. The van der Waals surface area contributed by atoms with E-state index in [0.717, 1.165) is 12.7 Å².